The number of carbonyl (C=O) groups excluding carboxylic acids is 1. The van der Waals surface area contributed by atoms with Gasteiger partial charge in [0.15, 0.2) is 4.77 Å². The number of imidazole rings is 1. The van der Waals surface area contributed by atoms with Gasteiger partial charge in [0.05, 0.1) is 17.6 Å². The molecule has 6 heteroatoms. The smallest absolute Gasteiger partial charge is 0.305 e. The summed E-state index contributed by atoms with van der Waals surface area (Å²) in [5.41, 5.74) is 2.11. The van der Waals surface area contributed by atoms with Crippen LogP contribution in [0.25, 0.3) is 11.0 Å². The molecule has 1 N–H and O–H groups in total. The molecule has 102 valence electrons. The van der Waals surface area contributed by atoms with Gasteiger partial charge in [0.25, 0.3) is 0 Å². The Hall–Kier alpha value is -0.890. The maximum Gasteiger partial charge on any atom is 0.305 e. The van der Waals surface area contributed by atoms with Gasteiger partial charge in [-0.05, 0) is 66.4 Å². The molecule has 0 unspecified atom stereocenters. The van der Waals surface area contributed by atoms with Crippen LogP contribution < -0.4 is 0 Å². The molecule has 0 spiro atoms. The van der Waals surface area contributed by atoms with Crippen LogP contribution in [0.1, 0.15) is 19.8 Å². The number of ether oxygens (including phenoxy) is 1. The van der Waals surface area contributed by atoms with Crippen LogP contribution in [0.4, 0.5) is 0 Å². The fraction of sp³-hybridized carbons (Fsp3) is 0.385. The molecule has 19 heavy (non-hydrogen) atoms. The first-order valence-corrected chi connectivity index (χ1v) is 7.64. The van der Waals surface area contributed by atoms with E-state index in [0.29, 0.717) is 17.8 Å². The van der Waals surface area contributed by atoms with Crippen LogP contribution in [-0.2, 0) is 16.1 Å². The van der Waals surface area contributed by atoms with Crippen LogP contribution in [0.3, 0.4) is 0 Å². The van der Waals surface area contributed by atoms with Gasteiger partial charge in [-0.1, -0.05) is 0 Å². The summed E-state index contributed by atoms with van der Waals surface area (Å²) in [6, 6.07) is 6.16. The third kappa shape index (κ3) is 3.56. The summed E-state index contributed by atoms with van der Waals surface area (Å²) in [6.45, 7) is 2.97. The Morgan fingerprint density at radius 2 is 2.32 bits per heavy atom. The van der Waals surface area contributed by atoms with Gasteiger partial charge in [-0.15, -0.1) is 0 Å². The number of aromatic amines is 1. The Kier molecular flexibility index (Phi) is 4.98. The number of benzene rings is 1. The SMILES string of the molecule is CCOC(=O)CCCn1c(=S)[nH]c2cc(I)ccc21. The molecule has 0 saturated heterocycles. The molecule has 0 fully saturated rings. The van der Waals surface area contributed by atoms with Gasteiger partial charge >= 0.3 is 5.97 Å². The van der Waals surface area contributed by atoms with Crippen LogP contribution in [-0.4, -0.2) is 22.1 Å². The zero-order valence-electron chi connectivity index (χ0n) is 10.6. The molecule has 0 atom stereocenters. The predicted octanol–water partition coefficient (Wildman–Crippen LogP) is 3.65. The number of nitrogens with one attached hydrogen (secondary N) is 1. The van der Waals surface area contributed by atoms with E-state index < -0.39 is 0 Å². The number of aromatic nitrogens is 2. The van der Waals surface area contributed by atoms with Crippen molar-refractivity contribution in [3.63, 3.8) is 0 Å². The van der Waals surface area contributed by atoms with Crippen molar-refractivity contribution < 1.29 is 9.53 Å². The zero-order valence-corrected chi connectivity index (χ0v) is 13.6. The third-order valence-corrected chi connectivity index (χ3v) is 3.80. The Balaban J connectivity index is 2.10. The summed E-state index contributed by atoms with van der Waals surface area (Å²) in [6.07, 6.45) is 1.15. The molecule has 0 aliphatic heterocycles. The van der Waals surface area contributed by atoms with E-state index in [0.717, 1.165) is 24.0 Å². The van der Waals surface area contributed by atoms with Crippen molar-refractivity contribution in [2.75, 3.05) is 6.61 Å². The molecule has 0 radical (unpaired) electrons. The first-order chi connectivity index (χ1) is 9.11. The summed E-state index contributed by atoms with van der Waals surface area (Å²) in [5, 5.41) is 0. The second-order valence-electron chi connectivity index (χ2n) is 4.15. The highest BCUT2D eigenvalue weighted by Gasteiger charge is 2.06. The number of halogens is 1. The number of fused-ring (bicyclic) bond motifs is 1. The first kappa shape index (κ1) is 14.5. The fourth-order valence-electron chi connectivity index (χ4n) is 1.97. The third-order valence-electron chi connectivity index (χ3n) is 2.80. The summed E-state index contributed by atoms with van der Waals surface area (Å²) >= 11 is 7.59. The zero-order chi connectivity index (χ0) is 13.8. The average Bonchev–Trinajstić information content (AvgIpc) is 2.65. The molecule has 1 aromatic heterocycles. The van der Waals surface area contributed by atoms with Crippen molar-refractivity contribution in [2.45, 2.75) is 26.3 Å². The average molecular weight is 390 g/mol. The van der Waals surface area contributed by atoms with Crippen LogP contribution in [0, 0.1) is 8.34 Å². The van der Waals surface area contributed by atoms with Crippen molar-refractivity contribution in [2.24, 2.45) is 0 Å². The Bertz CT molecular complexity index is 648. The van der Waals surface area contributed by atoms with Crippen LogP contribution in [0.2, 0.25) is 0 Å². The molecule has 2 rings (SSSR count). The maximum absolute atomic E-state index is 11.3. The predicted molar refractivity (Wildman–Crippen MR) is 85.7 cm³/mol. The van der Waals surface area contributed by atoms with Crippen molar-refractivity contribution in [3.8, 4) is 0 Å². The summed E-state index contributed by atoms with van der Waals surface area (Å²) in [7, 11) is 0. The topological polar surface area (TPSA) is 47.0 Å². The second kappa shape index (κ2) is 6.51. The van der Waals surface area contributed by atoms with E-state index in [4.69, 9.17) is 17.0 Å². The van der Waals surface area contributed by atoms with Gasteiger partial charge in [0.1, 0.15) is 0 Å². The molecule has 1 heterocycles. The molecule has 2 aromatic rings. The van der Waals surface area contributed by atoms with Gasteiger partial charge in [-0.2, -0.15) is 0 Å². The summed E-state index contributed by atoms with van der Waals surface area (Å²) in [4.78, 5) is 14.5. The largest absolute Gasteiger partial charge is 0.466 e. The minimum atomic E-state index is -0.150. The van der Waals surface area contributed by atoms with Crippen LogP contribution in [0.5, 0.6) is 0 Å². The number of nitrogens with zero attached hydrogens (tertiary/aromatic N) is 1. The number of aryl methyl sites for hydroxylation is 1. The van der Waals surface area contributed by atoms with Crippen molar-refractivity contribution >= 4 is 51.8 Å². The lowest BCUT2D eigenvalue weighted by molar-refractivity contribution is -0.143. The van der Waals surface area contributed by atoms with Gasteiger partial charge in [-0.25, -0.2) is 0 Å². The number of esters is 1. The monoisotopic (exact) mass is 390 g/mol. The van der Waals surface area contributed by atoms with E-state index in [1.54, 1.807) is 0 Å². The molecule has 0 aliphatic rings. The highest BCUT2D eigenvalue weighted by Crippen LogP contribution is 2.18. The van der Waals surface area contributed by atoms with Crippen LogP contribution >= 0.6 is 34.8 Å². The number of H-pyrrole nitrogens is 1. The molecule has 0 aliphatic carbocycles. The molecule has 0 amide bonds. The van der Waals surface area contributed by atoms with Crippen molar-refractivity contribution in [1.29, 1.82) is 0 Å². The van der Waals surface area contributed by atoms with Gasteiger partial charge in [0, 0.05) is 16.5 Å². The second-order valence-corrected chi connectivity index (χ2v) is 5.78. The molecule has 1 aromatic carbocycles. The lowest BCUT2D eigenvalue weighted by Crippen LogP contribution is -2.06. The molecule has 4 nitrogen and oxygen atoms in total. The Morgan fingerprint density at radius 3 is 3.05 bits per heavy atom. The van der Waals surface area contributed by atoms with E-state index in [-0.39, 0.29) is 5.97 Å². The standard InChI is InChI=1S/C13H15IN2O2S/c1-2-18-12(17)4-3-7-16-11-6-5-9(14)8-10(11)15-13(16)19/h5-6,8H,2-4,7H2,1H3,(H,15,19). The molecule has 0 bridgehead atoms. The number of carbonyl (C=O) groups is 1. The number of rotatable bonds is 5. The lowest BCUT2D eigenvalue weighted by Gasteiger charge is -2.04. The first-order valence-electron chi connectivity index (χ1n) is 6.15. The highest BCUT2D eigenvalue weighted by atomic mass is 127. The van der Waals surface area contributed by atoms with E-state index >= 15 is 0 Å². The molecule has 0 saturated carbocycles. The van der Waals surface area contributed by atoms with E-state index in [2.05, 4.69) is 33.6 Å². The van der Waals surface area contributed by atoms with E-state index in [1.807, 2.05) is 23.6 Å². The minimum absolute atomic E-state index is 0.150. The number of hydrogen-bond acceptors (Lipinski definition) is 3. The van der Waals surface area contributed by atoms with E-state index in [1.165, 1.54) is 3.57 Å². The van der Waals surface area contributed by atoms with Gasteiger partial charge in [-0.3, -0.25) is 4.79 Å². The quantitative estimate of drug-likeness (QED) is 0.482. The molecular formula is C13H15IN2O2S. The highest BCUT2D eigenvalue weighted by molar-refractivity contribution is 14.1. The normalized spacial score (nSPS) is 10.8. The van der Waals surface area contributed by atoms with E-state index in [9.17, 15) is 4.79 Å². The minimum Gasteiger partial charge on any atom is -0.466 e. The maximum atomic E-state index is 11.3. The summed E-state index contributed by atoms with van der Waals surface area (Å²) in [5.74, 6) is -0.150. The van der Waals surface area contributed by atoms with Crippen LogP contribution in [0.15, 0.2) is 18.2 Å². The van der Waals surface area contributed by atoms with Gasteiger partial charge < -0.3 is 14.3 Å². The summed E-state index contributed by atoms with van der Waals surface area (Å²) < 4.78 is 8.80. The van der Waals surface area contributed by atoms with Crippen molar-refractivity contribution in [3.05, 3.63) is 26.5 Å². The molecular weight excluding hydrogens is 375 g/mol. The lowest BCUT2D eigenvalue weighted by atomic mass is 10.3. The number of hydrogen-bond donors (Lipinski definition) is 1. The Labute approximate surface area is 130 Å². The van der Waals surface area contributed by atoms with Gasteiger partial charge in [0.2, 0.25) is 0 Å². The fourth-order valence-corrected chi connectivity index (χ4v) is 2.76. The van der Waals surface area contributed by atoms with Crippen molar-refractivity contribution in [1.82, 2.24) is 9.55 Å². The Morgan fingerprint density at radius 1 is 1.53 bits per heavy atom.